The summed E-state index contributed by atoms with van der Waals surface area (Å²) in [4.78, 5) is 0. The predicted molar refractivity (Wildman–Crippen MR) is 111 cm³/mol. The molecule has 0 heterocycles. The molecule has 0 saturated heterocycles. The van der Waals surface area contributed by atoms with E-state index in [0.717, 1.165) is 11.1 Å². The summed E-state index contributed by atoms with van der Waals surface area (Å²) in [5.74, 6) is 0.236. The molecular weight excluding hydrogens is 419 g/mol. The second-order valence-electron chi connectivity index (χ2n) is 6.15. The summed E-state index contributed by atoms with van der Waals surface area (Å²) in [6, 6.07) is 21.2. The third kappa shape index (κ3) is 6.86. The average Bonchev–Trinajstić information content (AvgIpc) is 2.71. The lowest BCUT2D eigenvalue weighted by atomic mass is 10.0. The lowest BCUT2D eigenvalue weighted by Gasteiger charge is -2.15. The van der Waals surface area contributed by atoms with Gasteiger partial charge in [-0.3, -0.25) is 0 Å². The number of alkyl halides is 3. The fraction of sp³-hybridized carbons (Fsp3) is 0.182. The zero-order valence-electron chi connectivity index (χ0n) is 15.9. The van der Waals surface area contributed by atoms with Gasteiger partial charge < -0.3 is 19.9 Å². The summed E-state index contributed by atoms with van der Waals surface area (Å²) in [7, 11) is 0. The quantitative estimate of drug-likeness (QED) is 0.497. The monoisotopic (exact) mass is 439 g/mol. The molecule has 30 heavy (non-hydrogen) atoms. The zero-order valence-corrected chi connectivity index (χ0v) is 16.7. The van der Waals surface area contributed by atoms with E-state index in [4.69, 9.17) is 15.2 Å². The number of ether oxygens (including phenoxy) is 3. The Morgan fingerprint density at radius 3 is 2.07 bits per heavy atom. The Kier molecular flexibility index (Phi) is 8.38. The summed E-state index contributed by atoms with van der Waals surface area (Å²) in [6.45, 7) is 0.690. The molecule has 8 heteroatoms. The van der Waals surface area contributed by atoms with Crippen molar-refractivity contribution in [2.75, 3.05) is 13.2 Å². The molecule has 0 unspecified atom stereocenters. The molecule has 0 atom stereocenters. The maximum atomic E-state index is 12.7. The van der Waals surface area contributed by atoms with Gasteiger partial charge in [-0.05, 0) is 41.0 Å². The van der Waals surface area contributed by atoms with Crippen molar-refractivity contribution in [3.8, 4) is 28.4 Å². The Bertz CT molecular complexity index is 919. The van der Waals surface area contributed by atoms with Crippen LogP contribution in [0.2, 0.25) is 0 Å². The molecule has 160 valence electrons. The number of hydrogen-bond acceptors (Lipinski definition) is 4. The van der Waals surface area contributed by atoms with Gasteiger partial charge in [0.15, 0.2) is 11.5 Å². The van der Waals surface area contributed by atoms with Crippen LogP contribution in [0.15, 0.2) is 72.8 Å². The first-order chi connectivity index (χ1) is 13.9. The summed E-state index contributed by atoms with van der Waals surface area (Å²) >= 11 is 0. The van der Waals surface area contributed by atoms with Crippen LogP contribution in [0.3, 0.4) is 0 Å². The zero-order chi connectivity index (χ0) is 20.7. The van der Waals surface area contributed by atoms with E-state index in [-0.39, 0.29) is 31.3 Å². The minimum absolute atomic E-state index is 0. The molecule has 0 aliphatic rings. The second kappa shape index (κ2) is 10.8. The van der Waals surface area contributed by atoms with Crippen LogP contribution >= 0.6 is 12.4 Å². The van der Waals surface area contributed by atoms with Crippen molar-refractivity contribution < 1.29 is 27.4 Å². The Balaban J connectivity index is 0.00000320. The van der Waals surface area contributed by atoms with E-state index in [9.17, 15) is 13.2 Å². The van der Waals surface area contributed by atoms with Crippen molar-refractivity contribution in [2.45, 2.75) is 13.0 Å². The van der Waals surface area contributed by atoms with Gasteiger partial charge in [0.05, 0.1) is 0 Å². The first kappa shape index (κ1) is 23.4. The molecule has 3 aromatic rings. The first-order valence-electron chi connectivity index (χ1n) is 8.94. The van der Waals surface area contributed by atoms with Crippen LogP contribution in [0, 0.1) is 0 Å². The van der Waals surface area contributed by atoms with Gasteiger partial charge in [-0.25, -0.2) is 0 Å². The molecule has 0 aromatic heterocycles. The minimum Gasteiger partial charge on any atom is -0.489 e. The highest BCUT2D eigenvalue weighted by molar-refractivity contribution is 5.85. The third-order valence-corrected chi connectivity index (χ3v) is 3.98. The van der Waals surface area contributed by atoms with Crippen LogP contribution in [0.5, 0.6) is 17.2 Å². The molecule has 2 N–H and O–H groups in total. The van der Waals surface area contributed by atoms with Gasteiger partial charge in [0.2, 0.25) is 0 Å². The minimum atomic E-state index is -4.82. The van der Waals surface area contributed by atoms with Crippen LogP contribution in [0.1, 0.15) is 5.56 Å². The van der Waals surface area contributed by atoms with Gasteiger partial charge in [-0.1, -0.05) is 48.5 Å². The van der Waals surface area contributed by atoms with Gasteiger partial charge in [0.25, 0.3) is 0 Å². The van der Waals surface area contributed by atoms with E-state index >= 15 is 0 Å². The predicted octanol–water partition coefficient (Wildman–Crippen LogP) is 5.59. The van der Waals surface area contributed by atoms with E-state index in [2.05, 4.69) is 4.74 Å². The molecule has 3 aromatic carbocycles. The normalized spacial score (nSPS) is 10.8. The molecule has 0 fully saturated rings. The molecule has 4 nitrogen and oxygen atoms in total. The van der Waals surface area contributed by atoms with Gasteiger partial charge in [0, 0.05) is 6.54 Å². The second-order valence-corrected chi connectivity index (χ2v) is 6.15. The van der Waals surface area contributed by atoms with Crippen LogP contribution in [0.25, 0.3) is 11.1 Å². The van der Waals surface area contributed by atoms with Crippen molar-refractivity contribution in [3.63, 3.8) is 0 Å². The van der Waals surface area contributed by atoms with E-state index in [1.165, 1.54) is 12.1 Å². The van der Waals surface area contributed by atoms with Gasteiger partial charge in [0.1, 0.15) is 19.0 Å². The van der Waals surface area contributed by atoms with Crippen molar-refractivity contribution in [1.29, 1.82) is 0 Å². The standard InChI is InChI=1S/C22H20F3NO3.ClH/c23-22(24,25)29-21-14-18(8-11-20(21)27-13-12-26)17-6-9-19(10-7-17)28-15-16-4-2-1-3-5-16;/h1-11,14H,12-13,15,26H2;1H. The summed E-state index contributed by atoms with van der Waals surface area (Å²) in [5.41, 5.74) is 7.66. The molecule has 0 bridgehead atoms. The van der Waals surface area contributed by atoms with Crippen LogP contribution in [0.4, 0.5) is 13.2 Å². The number of rotatable bonds is 8. The van der Waals surface area contributed by atoms with Gasteiger partial charge >= 0.3 is 6.36 Å². The Labute approximate surface area is 178 Å². The fourth-order valence-corrected chi connectivity index (χ4v) is 2.66. The molecule has 0 radical (unpaired) electrons. The fourth-order valence-electron chi connectivity index (χ4n) is 2.66. The van der Waals surface area contributed by atoms with Crippen LogP contribution in [-0.4, -0.2) is 19.5 Å². The molecular formula is C22H21ClF3NO3. The summed E-state index contributed by atoms with van der Waals surface area (Å²) in [5, 5.41) is 0. The van der Waals surface area contributed by atoms with E-state index in [1.807, 2.05) is 30.3 Å². The lowest BCUT2D eigenvalue weighted by Crippen LogP contribution is -2.18. The largest absolute Gasteiger partial charge is 0.573 e. The van der Waals surface area contributed by atoms with E-state index < -0.39 is 12.1 Å². The topological polar surface area (TPSA) is 53.7 Å². The summed E-state index contributed by atoms with van der Waals surface area (Å²) in [6.07, 6.45) is -4.82. The molecule has 0 aliphatic heterocycles. The first-order valence-corrected chi connectivity index (χ1v) is 8.94. The number of nitrogens with two attached hydrogens (primary N) is 1. The number of benzene rings is 3. The van der Waals surface area contributed by atoms with Crippen LogP contribution < -0.4 is 19.9 Å². The van der Waals surface area contributed by atoms with Crippen LogP contribution in [-0.2, 0) is 6.61 Å². The molecule has 0 saturated carbocycles. The average molecular weight is 440 g/mol. The number of halogens is 4. The maximum Gasteiger partial charge on any atom is 0.573 e. The Morgan fingerprint density at radius 2 is 1.43 bits per heavy atom. The van der Waals surface area contributed by atoms with E-state index in [0.29, 0.717) is 17.9 Å². The number of hydrogen-bond donors (Lipinski definition) is 1. The lowest BCUT2D eigenvalue weighted by molar-refractivity contribution is -0.275. The molecule has 0 aliphatic carbocycles. The highest BCUT2D eigenvalue weighted by Crippen LogP contribution is 2.36. The molecule has 0 amide bonds. The highest BCUT2D eigenvalue weighted by atomic mass is 35.5. The van der Waals surface area contributed by atoms with Gasteiger partial charge in [-0.2, -0.15) is 0 Å². The van der Waals surface area contributed by atoms with Crippen molar-refractivity contribution >= 4 is 12.4 Å². The van der Waals surface area contributed by atoms with E-state index in [1.54, 1.807) is 30.3 Å². The van der Waals surface area contributed by atoms with Crippen molar-refractivity contribution in [2.24, 2.45) is 5.73 Å². The molecule has 0 spiro atoms. The van der Waals surface area contributed by atoms with Crippen molar-refractivity contribution in [1.82, 2.24) is 0 Å². The SMILES string of the molecule is Cl.NCCOc1ccc(-c2ccc(OCc3ccccc3)cc2)cc1OC(F)(F)F. The van der Waals surface area contributed by atoms with Crippen molar-refractivity contribution in [3.05, 3.63) is 78.4 Å². The third-order valence-electron chi connectivity index (χ3n) is 3.98. The Morgan fingerprint density at radius 1 is 0.767 bits per heavy atom. The Hall–Kier alpha value is -2.90. The maximum absolute atomic E-state index is 12.7. The summed E-state index contributed by atoms with van der Waals surface area (Å²) < 4.78 is 53.3. The van der Waals surface area contributed by atoms with Gasteiger partial charge in [-0.15, -0.1) is 25.6 Å². The highest BCUT2D eigenvalue weighted by Gasteiger charge is 2.32. The smallest absolute Gasteiger partial charge is 0.489 e. The molecule has 3 rings (SSSR count).